The number of carbonyl (C=O) groups excluding carboxylic acids is 1. The molecule has 0 saturated carbocycles. The fourth-order valence-electron chi connectivity index (χ4n) is 3.50. The van der Waals surface area contributed by atoms with E-state index in [4.69, 9.17) is 23.2 Å². The highest BCUT2D eigenvalue weighted by Crippen LogP contribution is 2.36. The number of hydrogen-bond acceptors (Lipinski definition) is 2. The van der Waals surface area contributed by atoms with E-state index in [1.165, 1.54) is 0 Å². The summed E-state index contributed by atoms with van der Waals surface area (Å²) in [6.07, 6.45) is 4.42. The zero-order valence-corrected chi connectivity index (χ0v) is 18.0. The number of fused-ring (bicyclic) bond motifs is 1. The van der Waals surface area contributed by atoms with Crippen molar-refractivity contribution in [1.82, 2.24) is 4.90 Å². The minimum absolute atomic E-state index is 0.000444. The molecule has 1 amide bonds. The Morgan fingerprint density at radius 2 is 1.85 bits per heavy atom. The highest BCUT2D eigenvalue weighted by atomic mass is 35.5. The molecule has 0 fully saturated rings. The average molecular weight is 427 g/mol. The molecule has 0 spiro atoms. The smallest absolute Gasteiger partial charge is 0.227 e. The maximum absolute atomic E-state index is 13.0. The van der Waals surface area contributed by atoms with Crippen molar-refractivity contribution in [3.05, 3.63) is 63.1 Å². The first-order valence-corrected chi connectivity index (χ1v) is 12.2. The molecule has 3 rings (SSSR count). The normalized spacial score (nSPS) is 17.4. The maximum atomic E-state index is 13.0. The van der Waals surface area contributed by atoms with Crippen molar-refractivity contribution in [3.63, 3.8) is 0 Å². The van der Waals surface area contributed by atoms with Crippen LogP contribution < -0.4 is 0 Å². The Hall–Kier alpha value is -1.40. The van der Waals surface area contributed by atoms with Gasteiger partial charge in [0.25, 0.3) is 0 Å². The van der Waals surface area contributed by atoms with Crippen LogP contribution in [0.1, 0.15) is 29.7 Å². The Bertz CT molecular complexity index is 911. The second-order valence-corrected chi connectivity index (χ2v) is 10.9. The van der Waals surface area contributed by atoms with Crippen LogP contribution in [-0.4, -0.2) is 34.4 Å². The van der Waals surface area contributed by atoms with E-state index in [2.05, 4.69) is 4.36 Å². The van der Waals surface area contributed by atoms with Crippen molar-refractivity contribution < 1.29 is 9.35 Å². The Kier molecular flexibility index (Phi) is 5.96. The van der Waals surface area contributed by atoms with E-state index >= 15 is 0 Å². The van der Waals surface area contributed by atoms with Crippen LogP contribution in [0.5, 0.6) is 0 Å². The fraction of sp³-hybridized carbons (Fsp3) is 0.350. The highest BCUT2D eigenvalue weighted by Gasteiger charge is 2.29. The van der Waals surface area contributed by atoms with E-state index in [9.17, 15) is 9.35 Å². The molecule has 0 aromatic heterocycles. The van der Waals surface area contributed by atoms with E-state index in [1.54, 1.807) is 30.7 Å². The van der Waals surface area contributed by atoms with Gasteiger partial charge < -0.3 is 9.45 Å². The largest absolute Gasteiger partial charge is 0.345 e. The zero-order chi connectivity index (χ0) is 19.8. The molecule has 1 aliphatic heterocycles. The Morgan fingerprint density at radius 3 is 2.48 bits per heavy atom. The standard InChI is InChI=1S/C20H24Cl2N2O2S/c1-13-14-6-4-9-19(23-27(2,3)26)15(14)10-11-24(13)20(25)12-16-17(21)7-5-8-18(16)22/h4-9,13,27H,10-12H2,1-3H3,(H,23,26)/t13-/m0/s1. The van der Waals surface area contributed by atoms with Gasteiger partial charge in [0, 0.05) is 16.6 Å². The van der Waals surface area contributed by atoms with Crippen LogP contribution in [-0.2, 0) is 27.7 Å². The highest BCUT2D eigenvalue weighted by molar-refractivity contribution is 7.98. The third kappa shape index (κ3) is 4.54. The molecule has 146 valence electrons. The van der Waals surface area contributed by atoms with Gasteiger partial charge in [-0.15, -0.1) is 10.1 Å². The molecular weight excluding hydrogens is 403 g/mol. The molecule has 7 heteroatoms. The lowest BCUT2D eigenvalue weighted by Gasteiger charge is -2.36. The van der Waals surface area contributed by atoms with E-state index in [0.717, 1.165) is 16.8 Å². The van der Waals surface area contributed by atoms with Crippen molar-refractivity contribution in [3.8, 4) is 0 Å². The van der Waals surface area contributed by atoms with Gasteiger partial charge in [-0.1, -0.05) is 41.4 Å². The van der Waals surface area contributed by atoms with Crippen LogP contribution in [0.2, 0.25) is 10.0 Å². The summed E-state index contributed by atoms with van der Waals surface area (Å²) >= 11 is 12.4. The number of benzene rings is 2. The minimum atomic E-state index is -2.28. The molecule has 4 nitrogen and oxygen atoms in total. The van der Waals surface area contributed by atoms with Gasteiger partial charge in [0.15, 0.2) is 0 Å². The number of halogens is 2. The number of carbonyl (C=O) groups is 1. The molecule has 0 radical (unpaired) electrons. The fourth-order valence-corrected chi connectivity index (χ4v) is 4.75. The van der Waals surface area contributed by atoms with E-state index in [1.807, 2.05) is 30.0 Å². The lowest BCUT2D eigenvalue weighted by molar-refractivity contribution is -0.133. The molecule has 0 aliphatic carbocycles. The predicted molar refractivity (Wildman–Crippen MR) is 116 cm³/mol. The quantitative estimate of drug-likeness (QED) is 0.669. The van der Waals surface area contributed by atoms with Crippen molar-refractivity contribution in [2.75, 3.05) is 19.1 Å². The van der Waals surface area contributed by atoms with Crippen LogP contribution in [0.3, 0.4) is 0 Å². The summed E-state index contributed by atoms with van der Waals surface area (Å²) in [4.78, 5) is 14.8. The maximum Gasteiger partial charge on any atom is 0.227 e. The van der Waals surface area contributed by atoms with Gasteiger partial charge in [-0.3, -0.25) is 4.79 Å². The zero-order valence-electron chi connectivity index (χ0n) is 15.6. The van der Waals surface area contributed by atoms with Crippen molar-refractivity contribution >= 4 is 44.9 Å². The van der Waals surface area contributed by atoms with Gasteiger partial charge in [-0.05, 0) is 60.7 Å². The number of hydrogen-bond donors (Lipinski definition) is 2. The molecule has 1 heterocycles. The number of nitrogens with zero attached hydrogens (tertiary/aromatic N) is 2. The van der Waals surface area contributed by atoms with Crippen LogP contribution in [0, 0.1) is 0 Å². The van der Waals surface area contributed by atoms with Crippen molar-refractivity contribution in [2.24, 2.45) is 4.36 Å². The Labute approximate surface area is 171 Å². The topological polar surface area (TPSA) is 52.9 Å². The second-order valence-electron chi connectivity index (χ2n) is 7.17. The van der Waals surface area contributed by atoms with Crippen molar-refractivity contribution in [1.29, 1.82) is 0 Å². The van der Waals surface area contributed by atoms with Gasteiger partial charge in [-0.2, -0.15) is 0 Å². The SMILES string of the molecule is C[C@H]1c2cccc(N=[SH](C)(C)O)c2CCN1C(=O)Cc1c(Cl)cccc1Cl. The van der Waals surface area contributed by atoms with Gasteiger partial charge in [0.1, 0.15) is 0 Å². The van der Waals surface area contributed by atoms with Gasteiger partial charge in [0.05, 0.1) is 18.2 Å². The molecular formula is C20H24Cl2N2O2S. The molecule has 0 saturated heterocycles. The first-order valence-electron chi connectivity index (χ1n) is 8.81. The molecule has 27 heavy (non-hydrogen) atoms. The Morgan fingerprint density at radius 1 is 1.22 bits per heavy atom. The monoisotopic (exact) mass is 426 g/mol. The lowest BCUT2D eigenvalue weighted by Crippen LogP contribution is -2.39. The van der Waals surface area contributed by atoms with E-state index < -0.39 is 10.1 Å². The summed E-state index contributed by atoms with van der Waals surface area (Å²) in [5.74, 6) is 0.000444. The molecule has 1 N–H and O–H groups in total. The van der Waals surface area contributed by atoms with Crippen LogP contribution in [0.25, 0.3) is 0 Å². The van der Waals surface area contributed by atoms with Gasteiger partial charge >= 0.3 is 0 Å². The van der Waals surface area contributed by atoms with E-state index in [-0.39, 0.29) is 18.4 Å². The summed E-state index contributed by atoms with van der Waals surface area (Å²) in [6, 6.07) is 11.1. The minimum Gasteiger partial charge on any atom is -0.345 e. The molecule has 0 bridgehead atoms. The average Bonchev–Trinajstić information content (AvgIpc) is 2.58. The summed E-state index contributed by atoms with van der Waals surface area (Å²) < 4.78 is 14.7. The third-order valence-electron chi connectivity index (χ3n) is 4.77. The van der Waals surface area contributed by atoms with Crippen LogP contribution in [0.4, 0.5) is 5.69 Å². The molecule has 0 unspecified atom stereocenters. The summed E-state index contributed by atoms with van der Waals surface area (Å²) in [5.41, 5.74) is 3.70. The Balaban J connectivity index is 1.88. The van der Waals surface area contributed by atoms with Crippen molar-refractivity contribution in [2.45, 2.75) is 25.8 Å². The summed E-state index contributed by atoms with van der Waals surface area (Å²) in [7, 11) is -2.28. The van der Waals surface area contributed by atoms with Crippen LogP contribution >= 0.6 is 23.2 Å². The molecule has 2 aromatic rings. The predicted octanol–water partition coefficient (Wildman–Crippen LogP) is 5.12. The summed E-state index contributed by atoms with van der Waals surface area (Å²) in [5, 5.41) is 1.02. The summed E-state index contributed by atoms with van der Waals surface area (Å²) in [6.45, 7) is 2.62. The third-order valence-corrected chi connectivity index (χ3v) is 6.18. The molecule has 2 aromatic carbocycles. The lowest BCUT2D eigenvalue weighted by atomic mass is 9.92. The molecule has 1 aliphatic rings. The van der Waals surface area contributed by atoms with E-state index in [0.29, 0.717) is 28.6 Å². The van der Waals surface area contributed by atoms with Gasteiger partial charge in [-0.25, -0.2) is 4.36 Å². The number of rotatable bonds is 3. The number of amides is 1. The molecule has 1 atom stereocenters. The number of thiol groups is 1. The first-order chi connectivity index (χ1) is 12.7. The second kappa shape index (κ2) is 7.92. The van der Waals surface area contributed by atoms with Crippen LogP contribution in [0.15, 0.2) is 40.8 Å². The first kappa shape index (κ1) is 20.3. The van der Waals surface area contributed by atoms with Gasteiger partial charge in [0.2, 0.25) is 5.91 Å².